The number of nitrogens with zero attached hydrogens (tertiary/aromatic N) is 2. The average Bonchev–Trinajstić information content (AvgIpc) is 3.13. The molecule has 0 aromatic carbocycles. The molecule has 4 rings (SSSR count). The van der Waals surface area contributed by atoms with Gasteiger partial charge in [-0.3, -0.25) is 4.79 Å². The molecule has 2 aromatic rings. The van der Waals surface area contributed by atoms with Gasteiger partial charge in [-0.25, -0.2) is 0 Å². The number of hydrogen-bond donors (Lipinski definition) is 2. The van der Waals surface area contributed by atoms with Gasteiger partial charge in [-0.05, 0) is 63.0 Å². The summed E-state index contributed by atoms with van der Waals surface area (Å²) in [6.45, 7) is 0. The maximum atomic E-state index is 10.5. The molecular formula is C16H22N4O. The zero-order valence-corrected chi connectivity index (χ0v) is 12.3. The maximum Gasteiger partial charge on any atom is 0.235 e. The van der Waals surface area contributed by atoms with E-state index < -0.39 is 0 Å². The molecule has 0 atom stereocenters. The third kappa shape index (κ3) is 2.86. The molecule has 0 spiro atoms. The number of nitrogens with two attached hydrogens (primary N) is 1. The van der Waals surface area contributed by atoms with Gasteiger partial charge in [-0.2, -0.15) is 9.78 Å². The van der Waals surface area contributed by atoms with Crippen LogP contribution in [0.4, 0.5) is 5.82 Å². The number of carbonyl (C=O) groups excluding carboxylic acids is 1. The van der Waals surface area contributed by atoms with Crippen molar-refractivity contribution in [3.05, 3.63) is 34.8 Å². The van der Waals surface area contributed by atoms with Crippen LogP contribution in [0.3, 0.4) is 0 Å². The number of carbonyl (C=O) groups is 1. The summed E-state index contributed by atoms with van der Waals surface area (Å²) >= 11 is 0. The van der Waals surface area contributed by atoms with Gasteiger partial charge in [0, 0.05) is 17.5 Å². The summed E-state index contributed by atoms with van der Waals surface area (Å²) < 4.78 is 1.23. The molecule has 5 nitrogen and oxygen atoms in total. The van der Waals surface area contributed by atoms with Crippen LogP contribution in [0.15, 0.2) is 12.3 Å². The number of aromatic amines is 1. The minimum atomic E-state index is 0.528. The van der Waals surface area contributed by atoms with Crippen molar-refractivity contribution in [3.63, 3.8) is 0 Å². The van der Waals surface area contributed by atoms with E-state index in [-0.39, 0.29) is 0 Å². The number of aryl methyl sites for hydroxylation is 3. The van der Waals surface area contributed by atoms with E-state index in [1.165, 1.54) is 36.1 Å². The number of rotatable bonds is 1. The lowest BCUT2D eigenvalue weighted by Gasteiger charge is -2.08. The van der Waals surface area contributed by atoms with E-state index in [9.17, 15) is 4.79 Å². The molecule has 21 heavy (non-hydrogen) atoms. The van der Waals surface area contributed by atoms with Crippen LogP contribution in [-0.4, -0.2) is 21.2 Å². The molecule has 0 fully saturated rings. The quantitative estimate of drug-likeness (QED) is 0.790. The molecule has 0 amide bonds. The number of anilines is 1. The third-order valence-corrected chi connectivity index (χ3v) is 4.38. The Bertz CT molecular complexity index is 606. The summed E-state index contributed by atoms with van der Waals surface area (Å²) in [5.74, 6) is 0.528. The van der Waals surface area contributed by atoms with Crippen molar-refractivity contribution in [1.82, 2.24) is 14.8 Å². The van der Waals surface area contributed by atoms with Crippen molar-refractivity contribution in [3.8, 4) is 0 Å². The van der Waals surface area contributed by atoms with Gasteiger partial charge in [-0.15, -0.1) is 0 Å². The molecule has 0 saturated carbocycles. The predicted octanol–water partition coefficient (Wildman–Crippen LogP) is 2.28. The predicted molar refractivity (Wildman–Crippen MR) is 82.9 cm³/mol. The molecule has 2 aliphatic carbocycles. The molecule has 0 bridgehead atoms. The van der Waals surface area contributed by atoms with Crippen LogP contribution < -0.4 is 5.73 Å². The zero-order chi connectivity index (χ0) is 14.7. The lowest BCUT2D eigenvalue weighted by atomic mass is 9.98. The van der Waals surface area contributed by atoms with E-state index >= 15 is 0 Å². The molecule has 3 N–H and O–H groups in total. The van der Waals surface area contributed by atoms with Crippen molar-refractivity contribution in [1.29, 1.82) is 0 Å². The first-order chi connectivity index (χ1) is 10.3. The van der Waals surface area contributed by atoms with Gasteiger partial charge in [-0.1, -0.05) is 0 Å². The van der Waals surface area contributed by atoms with Crippen LogP contribution in [0.5, 0.6) is 0 Å². The zero-order valence-electron chi connectivity index (χ0n) is 12.3. The third-order valence-electron chi connectivity index (χ3n) is 4.38. The number of hydrogen-bond acceptors (Lipinski definition) is 3. The largest absolute Gasteiger partial charge is 0.383 e. The van der Waals surface area contributed by atoms with Gasteiger partial charge in [0.05, 0.1) is 5.69 Å². The highest BCUT2D eigenvalue weighted by molar-refractivity contribution is 5.61. The number of nitrogens with one attached hydrogen (secondary N) is 1. The average molecular weight is 286 g/mol. The summed E-state index contributed by atoms with van der Waals surface area (Å²) in [6.07, 6.45) is 12.3. The van der Waals surface area contributed by atoms with Gasteiger partial charge in [0.1, 0.15) is 5.82 Å². The summed E-state index contributed by atoms with van der Waals surface area (Å²) in [5, 5.41) is 4.09. The highest BCUT2D eigenvalue weighted by Crippen LogP contribution is 2.24. The summed E-state index contributed by atoms with van der Waals surface area (Å²) in [7, 11) is 0. The van der Waals surface area contributed by atoms with Crippen molar-refractivity contribution >= 4 is 12.2 Å². The van der Waals surface area contributed by atoms with E-state index in [1.807, 2.05) is 0 Å². The first kappa shape index (κ1) is 13.9. The standard InChI is InChI=1S/C8H11N3O.C8H11N/c9-8-6-3-1-2-4-7(6)10-11(8)5-12;1-2-4-8-7(3-1)5-6-9-8/h5H,1-4,9H2;5-6,9H,1-4H2. The summed E-state index contributed by atoms with van der Waals surface area (Å²) in [6, 6.07) is 2.20. The fourth-order valence-corrected chi connectivity index (χ4v) is 3.20. The molecule has 2 heterocycles. The van der Waals surface area contributed by atoms with Crippen molar-refractivity contribution < 1.29 is 4.79 Å². The molecule has 0 unspecified atom stereocenters. The number of H-pyrrole nitrogens is 1. The van der Waals surface area contributed by atoms with Crippen LogP contribution in [0.2, 0.25) is 0 Å². The molecule has 5 heteroatoms. The van der Waals surface area contributed by atoms with Crippen molar-refractivity contribution in [2.45, 2.75) is 51.4 Å². The number of fused-ring (bicyclic) bond motifs is 2. The molecular weight excluding hydrogens is 264 g/mol. The highest BCUT2D eigenvalue weighted by atomic mass is 16.1. The maximum absolute atomic E-state index is 10.5. The molecule has 112 valence electrons. The van der Waals surface area contributed by atoms with E-state index in [4.69, 9.17) is 5.73 Å². The second-order valence-electron chi connectivity index (χ2n) is 5.76. The monoisotopic (exact) mass is 286 g/mol. The van der Waals surface area contributed by atoms with Crippen LogP contribution in [0.25, 0.3) is 0 Å². The Morgan fingerprint density at radius 2 is 1.90 bits per heavy atom. The minimum Gasteiger partial charge on any atom is -0.383 e. The SMILES string of the molecule is Nc1c2c(nn1C=O)CCCC2.c1cc2c([nH]1)CCCC2. The Kier molecular flexibility index (Phi) is 4.08. The second-order valence-corrected chi connectivity index (χ2v) is 5.76. The molecule has 0 saturated heterocycles. The molecule has 0 aliphatic heterocycles. The second kappa shape index (κ2) is 6.16. The van der Waals surface area contributed by atoms with Gasteiger partial charge in [0.25, 0.3) is 0 Å². The normalized spacial score (nSPS) is 16.4. The van der Waals surface area contributed by atoms with Gasteiger partial charge < -0.3 is 10.7 Å². The van der Waals surface area contributed by atoms with Gasteiger partial charge >= 0.3 is 0 Å². The smallest absolute Gasteiger partial charge is 0.235 e. The van der Waals surface area contributed by atoms with E-state index in [1.54, 1.807) is 5.56 Å². The first-order valence-electron chi connectivity index (χ1n) is 7.75. The fourth-order valence-electron chi connectivity index (χ4n) is 3.20. The number of nitrogen functional groups attached to an aromatic ring is 1. The van der Waals surface area contributed by atoms with Crippen LogP contribution in [0.1, 0.15) is 48.2 Å². The highest BCUT2D eigenvalue weighted by Gasteiger charge is 2.17. The van der Waals surface area contributed by atoms with Gasteiger partial charge in [0.15, 0.2) is 0 Å². The lowest BCUT2D eigenvalue weighted by Crippen LogP contribution is -2.03. The fraction of sp³-hybridized carbons (Fsp3) is 0.500. The Labute approximate surface area is 124 Å². The van der Waals surface area contributed by atoms with E-state index in [2.05, 4.69) is 22.3 Å². The Hall–Kier alpha value is -2.04. The summed E-state index contributed by atoms with van der Waals surface area (Å²) in [5.41, 5.74) is 10.8. The van der Waals surface area contributed by atoms with Crippen LogP contribution >= 0.6 is 0 Å². The Morgan fingerprint density at radius 1 is 1.14 bits per heavy atom. The van der Waals surface area contributed by atoms with Crippen molar-refractivity contribution in [2.24, 2.45) is 0 Å². The van der Waals surface area contributed by atoms with E-state index in [0.717, 1.165) is 36.9 Å². The van der Waals surface area contributed by atoms with Crippen LogP contribution in [-0.2, 0) is 30.5 Å². The summed E-state index contributed by atoms with van der Waals surface area (Å²) in [4.78, 5) is 13.7. The first-order valence-corrected chi connectivity index (χ1v) is 7.75. The molecule has 2 aromatic heterocycles. The van der Waals surface area contributed by atoms with Gasteiger partial charge in [0.2, 0.25) is 6.41 Å². The van der Waals surface area contributed by atoms with Crippen LogP contribution in [0, 0.1) is 0 Å². The topological polar surface area (TPSA) is 76.7 Å². The Balaban J connectivity index is 0.000000131. The lowest BCUT2D eigenvalue weighted by molar-refractivity contribution is 0.540. The van der Waals surface area contributed by atoms with E-state index in [0.29, 0.717) is 12.2 Å². The molecule has 2 aliphatic rings. The minimum absolute atomic E-state index is 0.528. The molecule has 0 radical (unpaired) electrons. The number of aromatic nitrogens is 3. The Morgan fingerprint density at radius 3 is 2.67 bits per heavy atom. The van der Waals surface area contributed by atoms with Crippen molar-refractivity contribution in [2.75, 3.05) is 5.73 Å².